The van der Waals surface area contributed by atoms with Crippen LogP contribution in [0.1, 0.15) is 23.0 Å². The minimum Gasteiger partial charge on any atom is -0.347 e. The smallest absolute Gasteiger partial charge is 0.263 e. The number of hydrogen-bond acceptors (Lipinski definition) is 4. The van der Waals surface area contributed by atoms with Crippen molar-refractivity contribution in [1.29, 1.82) is 0 Å². The fourth-order valence-corrected chi connectivity index (χ4v) is 3.41. The van der Waals surface area contributed by atoms with E-state index >= 15 is 0 Å². The number of carbonyl (C=O) groups is 1. The third-order valence-corrected chi connectivity index (χ3v) is 5.01. The second-order valence-corrected chi connectivity index (χ2v) is 6.59. The molecule has 2 aromatic rings. The summed E-state index contributed by atoms with van der Waals surface area (Å²) in [5.41, 5.74) is 0.430. The Balaban J connectivity index is 0.00000144. The summed E-state index contributed by atoms with van der Waals surface area (Å²) in [6.45, 7) is 3.92. The number of hydrogen-bond donors (Lipinski definition) is 2. The predicted molar refractivity (Wildman–Crippen MR) is 99.9 cm³/mol. The average molecular weight is 392 g/mol. The van der Waals surface area contributed by atoms with Crippen LogP contribution in [0.2, 0.25) is 0 Å². The Hall–Kier alpha value is -1.21. The highest BCUT2D eigenvalue weighted by molar-refractivity contribution is 7.16. The van der Waals surface area contributed by atoms with E-state index in [1.807, 2.05) is 0 Å². The molecule has 1 aromatic carbocycles. The quantitative estimate of drug-likeness (QED) is 0.841. The number of thiazole rings is 1. The maximum Gasteiger partial charge on any atom is 0.263 e. The highest BCUT2D eigenvalue weighted by Gasteiger charge is 2.24. The highest BCUT2D eigenvalue weighted by Crippen LogP contribution is 2.27. The van der Waals surface area contributed by atoms with E-state index in [-0.39, 0.29) is 42.6 Å². The average Bonchev–Trinajstić information content (AvgIpc) is 3.00. The summed E-state index contributed by atoms with van der Waals surface area (Å²) in [5, 5.41) is 6.85. The van der Waals surface area contributed by atoms with Gasteiger partial charge in [0.15, 0.2) is 0 Å². The molecule has 0 bridgehead atoms. The van der Waals surface area contributed by atoms with Gasteiger partial charge in [0.2, 0.25) is 0 Å². The van der Waals surface area contributed by atoms with Gasteiger partial charge in [0.1, 0.15) is 15.7 Å². The lowest BCUT2D eigenvalue weighted by Crippen LogP contribution is -2.50. The number of rotatable bonds is 3. The maximum absolute atomic E-state index is 13.8. The van der Waals surface area contributed by atoms with Crippen molar-refractivity contribution in [3.05, 3.63) is 41.2 Å². The number of aromatic nitrogens is 1. The number of carbonyl (C=O) groups excluding carboxylic acids is 1. The van der Waals surface area contributed by atoms with E-state index in [2.05, 4.69) is 22.5 Å². The van der Waals surface area contributed by atoms with E-state index in [0.717, 1.165) is 19.5 Å². The molecule has 24 heavy (non-hydrogen) atoms. The van der Waals surface area contributed by atoms with Gasteiger partial charge in [-0.05, 0) is 31.0 Å². The van der Waals surface area contributed by atoms with Crippen LogP contribution in [0.3, 0.4) is 0 Å². The van der Waals surface area contributed by atoms with Gasteiger partial charge >= 0.3 is 0 Å². The second-order valence-electron chi connectivity index (χ2n) is 5.56. The molecule has 3 rings (SSSR count). The van der Waals surface area contributed by atoms with Crippen molar-refractivity contribution in [2.75, 3.05) is 13.1 Å². The highest BCUT2D eigenvalue weighted by atomic mass is 35.5. The van der Waals surface area contributed by atoms with E-state index in [4.69, 9.17) is 0 Å². The van der Waals surface area contributed by atoms with Gasteiger partial charge in [0.25, 0.3) is 5.91 Å². The van der Waals surface area contributed by atoms with Gasteiger partial charge < -0.3 is 10.6 Å². The zero-order valence-corrected chi connectivity index (χ0v) is 15.6. The molecule has 0 saturated carbocycles. The summed E-state index contributed by atoms with van der Waals surface area (Å²) >= 11 is 1.21. The lowest BCUT2D eigenvalue weighted by molar-refractivity contribution is 0.0919. The third kappa shape index (κ3) is 4.66. The van der Waals surface area contributed by atoms with Gasteiger partial charge in [-0.3, -0.25) is 4.79 Å². The SMILES string of the molecule is CC1CCNCC1NC(=O)c1cnc(-c2ccccc2F)s1.Cl.Cl. The largest absolute Gasteiger partial charge is 0.347 e. The zero-order valence-electron chi connectivity index (χ0n) is 13.1. The van der Waals surface area contributed by atoms with E-state index in [1.54, 1.807) is 18.2 Å². The minimum absolute atomic E-state index is 0. The molecule has 0 spiro atoms. The number of nitrogens with zero attached hydrogens (tertiary/aromatic N) is 1. The van der Waals surface area contributed by atoms with Crippen molar-refractivity contribution in [2.24, 2.45) is 5.92 Å². The number of amides is 1. The lowest BCUT2D eigenvalue weighted by Gasteiger charge is -2.29. The minimum atomic E-state index is -0.325. The molecule has 0 radical (unpaired) electrons. The molecule has 1 aromatic heterocycles. The zero-order chi connectivity index (χ0) is 15.5. The predicted octanol–water partition coefficient (Wildman–Crippen LogP) is 3.52. The molecule has 2 unspecified atom stereocenters. The van der Waals surface area contributed by atoms with E-state index < -0.39 is 0 Å². The maximum atomic E-state index is 13.8. The number of nitrogens with one attached hydrogen (secondary N) is 2. The van der Waals surface area contributed by atoms with E-state index in [1.165, 1.54) is 23.6 Å². The molecule has 4 nitrogen and oxygen atoms in total. The first-order chi connectivity index (χ1) is 10.6. The van der Waals surface area contributed by atoms with Crippen molar-refractivity contribution in [3.8, 4) is 10.6 Å². The Kier molecular flexibility index (Phi) is 8.09. The third-order valence-electron chi connectivity index (χ3n) is 3.98. The van der Waals surface area contributed by atoms with Crippen LogP contribution in [0.5, 0.6) is 0 Å². The van der Waals surface area contributed by atoms with Gasteiger partial charge in [0.05, 0.1) is 6.20 Å². The summed E-state index contributed by atoms with van der Waals surface area (Å²) in [6, 6.07) is 6.58. The Morgan fingerprint density at radius 1 is 1.38 bits per heavy atom. The number of halogens is 3. The fourth-order valence-electron chi connectivity index (χ4n) is 2.56. The standard InChI is InChI=1S/C16H18FN3OS.2ClH/c1-10-6-7-18-8-13(10)20-15(21)14-9-19-16(22-14)11-4-2-3-5-12(11)17;;/h2-5,9-10,13,18H,6-8H2,1H3,(H,20,21);2*1H. The summed E-state index contributed by atoms with van der Waals surface area (Å²) in [4.78, 5) is 17.0. The molecule has 2 atom stereocenters. The fraction of sp³-hybridized carbons (Fsp3) is 0.375. The van der Waals surface area contributed by atoms with Crippen molar-refractivity contribution in [3.63, 3.8) is 0 Å². The lowest BCUT2D eigenvalue weighted by atomic mass is 9.95. The molecular weight excluding hydrogens is 372 g/mol. The molecule has 1 amide bonds. The van der Waals surface area contributed by atoms with Gasteiger partial charge in [-0.25, -0.2) is 9.37 Å². The first-order valence-corrected chi connectivity index (χ1v) is 8.19. The summed E-state index contributed by atoms with van der Waals surface area (Å²) < 4.78 is 13.8. The Morgan fingerprint density at radius 3 is 2.83 bits per heavy atom. The van der Waals surface area contributed by atoms with Crippen LogP contribution in [-0.2, 0) is 0 Å². The van der Waals surface area contributed by atoms with Crippen LogP contribution in [0.4, 0.5) is 4.39 Å². The molecule has 132 valence electrons. The first-order valence-electron chi connectivity index (χ1n) is 7.37. The van der Waals surface area contributed by atoms with Crippen LogP contribution in [-0.4, -0.2) is 30.0 Å². The van der Waals surface area contributed by atoms with Crippen LogP contribution >= 0.6 is 36.2 Å². The van der Waals surface area contributed by atoms with Crippen molar-refractivity contribution < 1.29 is 9.18 Å². The molecule has 1 aliphatic rings. The number of piperidine rings is 1. The monoisotopic (exact) mass is 391 g/mol. The van der Waals surface area contributed by atoms with Crippen LogP contribution in [0, 0.1) is 11.7 Å². The van der Waals surface area contributed by atoms with Gasteiger partial charge in [-0.2, -0.15) is 0 Å². The van der Waals surface area contributed by atoms with Crippen molar-refractivity contribution in [2.45, 2.75) is 19.4 Å². The van der Waals surface area contributed by atoms with Crippen LogP contribution in [0.25, 0.3) is 10.6 Å². The van der Waals surface area contributed by atoms with Crippen molar-refractivity contribution in [1.82, 2.24) is 15.6 Å². The van der Waals surface area contributed by atoms with Gasteiger partial charge in [-0.15, -0.1) is 36.2 Å². The van der Waals surface area contributed by atoms with Gasteiger partial charge in [0, 0.05) is 18.2 Å². The molecule has 1 aliphatic heterocycles. The summed E-state index contributed by atoms with van der Waals surface area (Å²) in [7, 11) is 0. The van der Waals surface area contributed by atoms with Gasteiger partial charge in [-0.1, -0.05) is 19.1 Å². The topological polar surface area (TPSA) is 54.0 Å². The summed E-state index contributed by atoms with van der Waals surface area (Å²) in [5.74, 6) is -0.0151. The molecule has 1 saturated heterocycles. The Labute approximate surface area is 157 Å². The molecule has 2 heterocycles. The first kappa shape index (κ1) is 20.8. The molecule has 1 fully saturated rings. The number of benzene rings is 1. The van der Waals surface area contributed by atoms with E-state index in [0.29, 0.717) is 21.4 Å². The molecule has 2 N–H and O–H groups in total. The van der Waals surface area contributed by atoms with Crippen LogP contribution < -0.4 is 10.6 Å². The molecule has 8 heteroatoms. The Morgan fingerprint density at radius 2 is 2.12 bits per heavy atom. The second kappa shape index (κ2) is 9.32. The van der Waals surface area contributed by atoms with Crippen LogP contribution in [0.15, 0.2) is 30.5 Å². The molecular formula is C16H20Cl2FN3OS. The normalized spacial score (nSPS) is 19.8. The van der Waals surface area contributed by atoms with E-state index in [9.17, 15) is 9.18 Å². The summed E-state index contributed by atoms with van der Waals surface area (Å²) in [6.07, 6.45) is 2.57. The Bertz CT molecular complexity index is 683. The van der Waals surface area contributed by atoms with Crippen molar-refractivity contribution >= 4 is 42.1 Å². The molecule has 0 aliphatic carbocycles.